The van der Waals surface area contributed by atoms with Crippen molar-refractivity contribution in [1.82, 2.24) is 5.32 Å². The van der Waals surface area contributed by atoms with Crippen LogP contribution in [0.2, 0.25) is 0 Å². The average Bonchev–Trinajstić information content (AvgIpc) is 2.97. The first-order valence-electron chi connectivity index (χ1n) is 6.68. The standard InChI is InChI=1S/C13H20ClNO2/c14-8-13(1-3-17-4-2-13)15-12(16)11-6-9-5-10(9)7-11/h9-11H,1-8H2,(H,15,16). The van der Waals surface area contributed by atoms with E-state index in [9.17, 15) is 4.79 Å². The second-order valence-electron chi connectivity index (χ2n) is 5.94. The van der Waals surface area contributed by atoms with Crippen LogP contribution in [0.1, 0.15) is 32.1 Å². The van der Waals surface area contributed by atoms with E-state index >= 15 is 0 Å². The topological polar surface area (TPSA) is 38.3 Å². The van der Waals surface area contributed by atoms with Crippen LogP contribution in [0.25, 0.3) is 0 Å². The van der Waals surface area contributed by atoms with E-state index < -0.39 is 0 Å². The summed E-state index contributed by atoms with van der Waals surface area (Å²) < 4.78 is 5.35. The van der Waals surface area contributed by atoms with Gasteiger partial charge in [-0.25, -0.2) is 0 Å². The molecule has 0 aromatic carbocycles. The zero-order valence-electron chi connectivity index (χ0n) is 10.1. The molecule has 0 aromatic heterocycles. The SMILES string of the molecule is O=C(NC1(CCl)CCOCC1)C1CC2CC2C1. The fourth-order valence-corrected chi connectivity index (χ4v) is 3.68. The zero-order valence-corrected chi connectivity index (χ0v) is 10.8. The number of fused-ring (bicyclic) bond motifs is 1. The number of halogens is 1. The van der Waals surface area contributed by atoms with E-state index in [0.717, 1.165) is 37.5 Å². The molecule has 3 nitrogen and oxygen atoms in total. The van der Waals surface area contributed by atoms with Crippen molar-refractivity contribution in [1.29, 1.82) is 0 Å². The van der Waals surface area contributed by atoms with Gasteiger partial charge in [-0.2, -0.15) is 0 Å². The van der Waals surface area contributed by atoms with Crippen LogP contribution >= 0.6 is 11.6 Å². The quantitative estimate of drug-likeness (QED) is 0.785. The summed E-state index contributed by atoms with van der Waals surface area (Å²) in [5.74, 6) is 2.70. The molecule has 1 saturated heterocycles. The highest BCUT2D eigenvalue weighted by molar-refractivity contribution is 6.18. The molecule has 3 aliphatic rings. The van der Waals surface area contributed by atoms with Crippen molar-refractivity contribution in [2.24, 2.45) is 17.8 Å². The van der Waals surface area contributed by atoms with Gasteiger partial charge in [0.15, 0.2) is 0 Å². The molecule has 2 saturated carbocycles. The summed E-state index contributed by atoms with van der Waals surface area (Å²) in [5.41, 5.74) is -0.205. The largest absolute Gasteiger partial charge is 0.381 e. The van der Waals surface area contributed by atoms with Crippen molar-refractivity contribution in [3.8, 4) is 0 Å². The summed E-state index contributed by atoms with van der Waals surface area (Å²) in [6, 6.07) is 0. The van der Waals surface area contributed by atoms with E-state index in [1.54, 1.807) is 0 Å². The second-order valence-corrected chi connectivity index (χ2v) is 6.21. The smallest absolute Gasteiger partial charge is 0.223 e. The number of hydrogen-bond donors (Lipinski definition) is 1. The molecule has 2 atom stereocenters. The van der Waals surface area contributed by atoms with Crippen molar-refractivity contribution in [2.45, 2.75) is 37.6 Å². The van der Waals surface area contributed by atoms with Gasteiger partial charge in [-0.3, -0.25) is 4.79 Å². The minimum absolute atomic E-state index is 0.205. The fourth-order valence-electron chi connectivity index (χ4n) is 3.35. The monoisotopic (exact) mass is 257 g/mol. The molecule has 0 aromatic rings. The Labute approximate surface area is 107 Å². The third-order valence-corrected chi connectivity index (χ3v) is 5.22. The molecule has 2 aliphatic carbocycles. The molecule has 3 rings (SSSR count). The van der Waals surface area contributed by atoms with E-state index in [4.69, 9.17) is 16.3 Å². The predicted octanol–water partition coefficient (Wildman–Crippen LogP) is 1.94. The number of hydrogen-bond acceptors (Lipinski definition) is 2. The van der Waals surface area contributed by atoms with Crippen LogP contribution in [0.4, 0.5) is 0 Å². The van der Waals surface area contributed by atoms with Gasteiger partial charge < -0.3 is 10.1 Å². The molecule has 0 spiro atoms. The maximum Gasteiger partial charge on any atom is 0.223 e. The van der Waals surface area contributed by atoms with Gasteiger partial charge in [0.05, 0.1) is 5.54 Å². The fraction of sp³-hybridized carbons (Fsp3) is 0.923. The highest BCUT2D eigenvalue weighted by atomic mass is 35.5. The molecular weight excluding hydrogens is 238 g/mol. The maximum atomic E-state index is 12.2. The Morgan fingerprint density at radius 3 is 2.47 bits per heavy atom. The average molecular weight is 258 g/mol. The van der Waals surface area contributed by atoms with Crippen molar-refractivity contribution < 1.29 is 9.53 Å². The van der Waals surface area contributed by atoms with Crippen LogP contribution in [0.5, 0.6) is 0 Å². The van der Waals surface area contributed by atoms with Crippen molar-refractivity contribution in [3.63, 3.8) is 0 Å². The minimum Gasteiger partial charge on any atom is -0.381 e. The molecule has 1 heterocycles. The van der Waals surface area contributed by atoms with Gasteiger partial charge in [-0.05, 0) is 43.9 Å². The summed E-state index contributed by atoms with van der Waals surface area (Å²) in [4.78, 5) is 12.2. The first kappa shape index (κ1) is 11.8. The maximum absolute atomic E-state index is 12.2. The van der Waals surface area contributed by atoms with Crippen molar-refractivity contribution in [3.05, 3.63) is 0 Å². The van der Waals surface area contributed by atoms with Crippen LogP contribution in [-0.2, 0) is 9.53 Å². The number of amides is 1. The lowest BCUT2D eigenvalue weighted by molar-refractivity contribution is -0.128. The Morgan fingerprint density at radius 2 is 1.88 bits per heavy atom. The van der Waals surface area contributed by atoms with E-state index in [1.165, 1.54) is 6.42 Å². The Morgan fingerprint density at radius 1 is 1.24 bits per heavy atom. The van der Waals surface area contributed by atoms with Gasteiger partial charge in [0, 0.05) is 25.0 Å². The lowest BCUT2D eigenvalue weighted by Crippen LogP contribution is -2.54. The zero-order chi connectivity index (χ0) is 11.9. The predicted molar refractivity (Wildman–Crippen MR) is 66.0 cm³/mol. The lowest BCUT2D eigenvalue weighted by atomic mass is 9.90. The van der Waals surface area contributed by atoms with Gasteiger partial charge in [0.1, 0.15) is 0 Å². The van der Waals surface area contributed by atoms with E-state index in [0.29, 0.717) is 19.1 Å². The van der Waals surface area contributed by atoms with Gasteiger partial charge >= 0.3 is 0 Å². The number of alkyl halides is 1. The molecule has 96 valence electrons. The summed E-state index contributed by atoms with van der Waals surface area (Å²) >= 11 is 6.06. The number of rotatable bonds is 3. The summed E-state index contributed by atoms with van der Waals surface area (Å²) in [5, 5.41) is 3.21. The van der Waals surface area contributed by atoms with Gasteiger partial charge in [-0.1, -0.05) is 0 Å². The van der Waals surface area contributed by atoms with Crippen LogP contribution in [0.3, 0.4) is 0 Å². The van der Waals surface area contributed by atoms with Gasteiger partial charge in [0.25, 0.3) is 0 Å². The van der Waals surface area contributed by atoms with Crippen LogP contribution in [0, 0.1) is 17.8 Å². The first-order chi connectivity index (χ1) is 8.22. The van der Waals surface area contributed by atoms with Crippen LogP contribution in [0.15, 0.2) is 0 Å². The highest BCUT2D eigenvalue weighted by Crippen LogP contribution is 2.54. The molecule has 0 bridgehead atoms. The Hall–Kier alpha value is -0.280. The summed E-state index contributed by atoms with van der Waals surface area (Å²) in [7, 11) is 0. The van der Waals surface area contributed by atoms with Crippen molar-refractivity contribution in [2.75, 3.05) is 19.1 Å². The Balaban J connectivity index is 1.58. The molecule has 4 heteroatoms. The molecule has 3 fully saturated rings. The minimum atomic E-state index is -0.205. The second kappa shape index (κ2) is 4.43. The molecule has 0 radical (unpaired) electrons. The molecule has 1 N–H and O–H groups in total. The summed E-state index contributed by atoms with van der Waals surface area (Å²) in [6.45, 7) is 1.42. The molecular formula is C13H20ClNO2. The van der Waals surface area contributed by atoms with Gasteiger partial charge in [0.2, 0.25) is 5.91 Å². The highest BCUT2D eigenvalue weighted by Gasteiger charge is 2.49. The van der Waals surface area contributed by atoms with Crippen LogP contribution < -0.4 is 5.32 Å². The number of carbonyl (C=O) groups is 1. The normalized spacial score (nSPS) is 38.5. The number of ether oxygens (including phenoxy) is 1. The van der Waals surface area contributed by atoms with Gasteiger partial charge in [-0.15, -0.1) is 11.6 Å². The number of carbonyl (C=O) groups excluding carboxylic acids is 1. The third-order valence-electron chi connectivity index (χ3n) is 4.71. The van der Waals surface area contributed by atoms with Crippen molar-refractivity contribution >= 4 is 17.5 Å². The Kier molecular flexibility index (Phi) is 3.07. The first-order valence-corrected chi connectivity index (χ1v) is 7.22. The molecule has 1 aliphatic heterocycles. The Bertz CT molecular complexity index is 305. The van der Waals surface area contributed by atoms with Crippen LogP contribution in [-0.4, -0.2) is 30.5 Å². The third kappa shape index (κ3) is 2.32. The van der Waals surface area contributed by atoms with E-state index in [-0.39, 0.29) is 17.4 Å². The molecule has 1 amide bonds. The number of nitrogens with one attached hydrogen (secondary N) is 1. The van der Waals surface area contributed by atoms with E-state index in [2.05, 4.69) is 5.32 Å². The lowest BCUT2D eigenvalue weighted by Gasteiger charge is -2.37. The molecule has 17 heavy (non-hydrogen) atoms. The van der Waals surface area contributed by atoms with E-state index in [1.807, 2.05) is 0 Å². The molecule has 2 unspecified atom stereocenters. The summed E-state index contributed by atoms with van der Waals surface area (Å²) in [6.07, 6.45) is 5.26.